The third-order valence-corrected chi connectivity index (χ3v) is 6.61. The van der Waals surface area contributed by atoms with Crippen LogP contribution in [0, 0.1) is 22.7 Å². The molecule has 0 heterocycles. The smallest absolute Gasteiger partial charge is 0.211 e. The van der Waals surface area contributed by atoms with E-state index in [9.17, 15) is 16.8 Å². The average Bonchev–Trinajstić information content (AvgIpc) is 2.61. The fraction of sp³-hybridized carbons (Fsp3) is 0.500. The van der Waals surface area contributed by atoms with E-state index in [4.69, 9.17) is 10.5 Å². The van der Waals surface area contributed by atoms with Crippen molar-refractivity contribution in [3.8, 4) is 12.1 Å². The molecule has 8 nitrogen and oxygen atoms in total. The first-order valence-electron chi connectivity index (χ1n) is 8.17. The van der Waals surface area contributed by atoms with Crippen molar-refractivity contribution in [1.29, 1.82) is 10.5 Å². The first kappa shape index (κ1) is 22.1. The van der Waals surface area contributed by atoms with Crippen LogP contribution in [0.25, 0.3) is 0 Å². The summed E-state index contributed by atoms with van der Waals surface area (Å²) in [5, 5.41) is 16.9. The van der Waals surface area contributed by atoms with E-state index < -0.39 is 20.0 Å². The first-order valence-corrected chi connectivity index (χ1v) is 11.1. The summed E-state index contributed by atoms with van der Waals surface area (Å²) in [4.78, 5) is -0.630. The first-order chi connectivity index (χ1) is 12.3. The number of hydrogen-bond acceptors (Lipinski definition) is 6. The highest BCUT2D eigenvalue weighted by atomic mass is 32.2. The van der Waals surface area contributed by atoms with E-state index in [1.54, 1.807) is 0 Å². The molecular formula is C16H22N4O4S2. The summed E-state index contributed by atoms with van der Waals surface area (Å²) >= 11 is 0. The Morgan fingerprint density at radius 3 is 1.46 bits per heavy atom. The van der Waals surface area contributed by atoms with Gasteiger partial charge in [0.1, 0.15) is 9.79 Å². The van der Waals surface area contributed by atoms with Gasteiger partial charge in [-0.05, 0) is 37.8 Å². The molecular weight excluding hydrogens is 376 g/mol. The van der Waals surface area contributed by atoms with Gasteiger partial charge >= 0.3 is 0 Å². The minimum atomic E-state index is -4.00. The molecule has 0 aliphatic carbocycles. The summed E-state index contributed by atoms with van der Waals surface area (Å²) in [5.41, 5.74) is 0. The highest BCUT2D eigenvalue weighted by Gasteiger charge is 2.25. The van der Waals surface area contributed by atoms with Crippen LogP contribution in [0.3, 0.4) is 0 Å². The largest absolute Gasteiger partial charge is 0.241 e. The number of rotatable bonds is 12. The van der Waals surface area contributed by atoms with E-state index in [-0.39, 0.29) is 22.9 Å². The number of hydrogen-bond donors (Lipinski definition) is 2. The van der Waals surface area contributed by atoms with Gasteiger partial charge in [0.05, 0.1) is 12.1 Å². The molecule has 142 valence electrons. The number of benzene rings is 1. The van der Waals surface area contributed by atoms with Gasteiger partial charge in [-0.25, -0.2) is 26.3 Å². The van der Waals surface area contributed by atoms with Gasteiger partial charge in [0.2, 0.25) is 20.0 Å². The van der Waals surface area contributed by atoms with Crippen molar-refractivity contribution < 1.29 is 16.8 Å². The maximum atomic E-state index is 12.4. The standard InChI is InChI=1S/C16H22N4O4S2/c17-11-5-1-7-13-19-25(21,22)15-9-3-4-10-16(15)26(23,24)20-14-8-2-6-12-18/h3-4,9-10,19-20H,1-2,5-8,13-14H2. The maximum absolute atomic E-state index is 12.4. The predicted molar refractivity (Wildman–Crippen MR) is 95.7 cm³/mol. The number of nitriles is 2. The zero-order valence-electron chi connectivity index (χ0n) is 14.3. The van der Waals surface area contributed by atoms with Gasteiger partial charge in [-0.15, -0.1) is 0 Å². The second-order valence-corrected chi connectivity index (χ2v) is 8.94. The molecule has 1 rings (SSSR count). The summed E-state index contributed by atoms with van der Waals surface area (Å²) in [6.07, 6.45) is 2.76. The summed E-state index contributed by atoms with van der Waals surface area (Å²) in [5.74, 6) is 0. The molecule has 0 saturated heterocycles. The Morgan fingerprint density at radius 1 is 0.731 bits per heavy atom. The van der Waals surface area contributed by atoms with Crippen LogP contribution >= 0.6 is 0 Å². The summed E-state index contributed by atoms with van der Waals surface area (Å²) in [7, 11) is -7.99. The Labute approximate surface area is 154 Å². The van der Waals surface area contributed by atoms with Gasteiger partial charge in [0, 0.05) is 25.9 Å². The van der Waals surface area contributed by atoms with Gasteiger partial charge < -0.3 is 0 Å². The lowest BCUT2D eigenvalue weighted by atomic mass is 10.2. The molecule has 0 aliphatic heterocycles. The molecule has 2 N–H and O–H groups in total. The quantitative estimate of drug-likeness (QED) is 0.513. The molecule has 0 unspecified atom stereocenters. The molecule has 0 fully saturated rings. The maximum Gasteiger partial charge on any atom is 0.241 e. The number of sulfonamides is 2. The molecule has 0 bridgehead atoms. The predicted octanol–water partition coefficient (Wildman–Crippen LogP) is 1.63. The van der Waals surface area contributed by atoms with Crippen LogP contribution in [-0.2, 0) is 20.0 Å². The van der Waals surface area contributed by atoms with Crippen molar-refractivity contribution in [2.75, 3.05) is 13.1 Å². The Balaban J connectivity index is 2.85. The average molecular weight is 399 g/mol. The molecule has 0 radical (unpaired) electrons. The Bertz CT molecular complexity index is 795. The van der Waals surface area contributed by atoms with Crippen molar-refractivity contribution in [3.05, 3.63) is 24.3 Å². The van der Waals surface area contributed by atoms with E-state index in [0.717, 1.165) is 0 Å². The van der Waals surface area contributed by atoms with Gasteiger partial charge in [-0.1, -0.05) is 12.1 Å². The topological polar surface area (TPSA) is 140 Å². The number of nitrogens with zero attached hydrogens (tertiary/aromatic N) is 2. The normalized spacial score (nSPS) is 11.6. The van der Waals surface area contributed by atoms with Gasteiger partial charge in [0.25, 0.3) is 0 Å². The zero-order chi connectivity index (χ0) is 19.5. The lowest BCUT2D eigenvalue weighted by Crippen LogP contribution is -2.30. The van der Waals surface area contributed by atoms with Crippen molar-refractivity contribution in [2.45, 2.75) is 48.3 Å². The number of unbranched alkanes of at least 4 members (excludes halogenated alkanes) is 4. The Hall–Kier alpha value is -1.98. The monoisotopic (exact) mass is 398 g/mol. The van der Waals surface area contributed by atoms with Crippen molar-refractivity contribution in [1.82, 2.24) is 9.44 Å². The second-order valence-electron chi connectivity index (χ2n) is 5.47. The molecule has 0 amide bonds. The molecule has 0 aliphatic rings. The minimum absolute atomic E-state index is 0.125. The van der Waals surface area contributed by atoms with Crippen LogP contribution in [0.4, 0.5) is 0 Å². The van der Waals surface area contributed by atoms with E-state index >= 15 is 0 Å². The number of nitrogens with one attached hydrogen (secondary N) is 2. The zero-order valence-corrected chi connectivity index (χ0v) is 15.9. The van der Waals surface area contributed by atoms with Crippen molar-refractivity contribution >= 4 is 20.0 Å². The molecule has 10 heteroatoms. The molecule has 0 saturated carbocycles. The fourth-order valence-corrected chi connectivity index (χ4v) is 5.10. The van der Waals surface area contributed by atoms with Crippen molar-refractivity contribution in [2.24, 2.45) is 0 Å². The van der Waals surface area contributed by atoms with Crippen molar-refractivity contribution in [3.63, 3.8) is 0 Å². The van der Waals surface area contributed by atoms with Crippen LogP contribution in [0.15, 0.2) is 34.1 Å². The Kier molecular flexibility index (Phi) is 9.24. The molecule has 1 aromatic carbocycles. The van der Waals surface area contributed by atoms with Crippen LogP contribution in [0.5, 0.6) is 0 Å². The third kappa shape index (κ3) is 7.10. The lowest BCUT2D eigenvalue weighted by molar-refractivity contribution is 0.563. The second kappa shape index (κ2) is 10.9. The minimum Gasteiger partial charge on any atom is -0.211 e. The van der Waals surface area contributed by atoms with E-state index in [1.165, 1.54) is 24.3 Å². The van der Waals surface area contributed by atoms with Gasteiger partial charge in [-0.2, -0.15) is 10.5 Å². The fourth-order valence-electron chi connectivity index (χ4n) is 2.12. The summed E-state index contributed by atoms with van der Waals surface area (Å²) < 4.78 is 54.5. The Morgan fingerprint density at radius 2 is 1.12 bits per heavy atom. The molecule has 0 atom stereocenters. The summed E-state index contributed by atoms with van der Waals surface area (Å²) in [6, 6.07) is 9.34. The molecule has 1 aromatic rings. The summed E-state index contributed by atoms with van der Waals surface area (Å²) in [6.45, 7) is 0.250. The van der Waals surface area contributed by atoms with E-state index in [2.05, 4.69) is 9.44 Å². The lowest BCUT2D eigenvalue weighted by Gasteiger charge is -2.12. The van der Waals surface area contributed by atoms with Gasteiger partial charge in [-0.3, -0.25) is 0 Å². The molecule has 0 aromatic heterocycles. The molecule has 0 spiro atoms. The van der Waals surface area contributed by atoms with Crippen LogP contribution in [0.2, 0.25) is 0 Å². The SMILES string of the molecule is N#CCCCCNS(=O)(=O)c1ccccc1S(=O)(=O)NCCCCC#N. The highest BCUT2D eigenvalue weighted by molar-refractivity contribution is 7.92. The van der Waals surface area contributed by atoms with E-state index in [0.29, 0.717) is 38.5 Å². The van der Waals surface area contributed by atoms with Crippen LogP contribution in [0.1, 0.15) is 38.5 Å². The molecule has 26 heavy (non-hydrogen) atoms. The van der Waals surface area contributed by atoms with E-state index in [1.807, 2.05) is 12.1 Å². The van der Waals surface area contributed by atoms with Crippen LogP contribution in [-0.4, -0.2) is 29.9 Å². The third-order valence-electron chi connectivity index (χ3n) is 3.44. The van der Waals surface area contributed by atoms with Crippen LogP contribution < -0.4 is 9.44 Å². The highest BCUT2D eigenvalue weighted by Crippen LogP contribution is 2.20. The van der Waals surface area contributed by atoms with Gasteiger partial charge in [0.15, 0.2) is 0 Å².